The summed E-state index contributed by atoms with van der Waals surface area (Å²) in [4.78, 5) is 7.83. The highest BCUT2D eigenvalue weighted by molar-refractivity contribution is 5.15. The number of aliphatic hydroxyl groups is 1. The third kappa shape index (κ3) is 1.68. The number of nitrogens with one attached hydrogen (secondary N) is 1. The van der Waals surface area contributed by atoms with Crippen molar-refractivity contribution < 1.29 is 5.11 Å². The van der Waals surface area contributed by atoms with Crippen LogP contribution in [0.15, 0.2) is 18.7 Å². The van der Waals surface area contributed by atoms with Gasteiger partial charge in [-0.25, -0.2) is 9.97 Å². The molecule has 2 heterocycles. The van der Waals surface area contributed by atoms with Gasteiger partial charge in [0.25, 0.3) is 0 Å². The van der Waals surface area contributed by atoms with Crippen molar-refractivity contribution in [3.63, 3.8) is 0 Å². The molecule has 13 heavy (non-hydrogen) atoms. The first-order chi connectivity index (χ1) is 6.31. The van der Waals surface area contributed by atoms with Crippen molar-refractivity contribution in [1.29, 1.82) is 0 Å². The molecule has 1 aromatic heterocycles. The van der Waals surface area contributed by atoms with E-state index >= 15 is 0 Å². The molecule has 0 aromatic carbocycles. The Labute approximate surface area is 77.0 Å². The van der Waals surface area contributed by atoms with E-state index in [1.165, 1.54) is 6.33 Å². The van der Waals surface area contributed by atoms with Crippen molar-refractivity contribution in [3.05, 3.63) is 24.3 Å². The van der Waals surface area contributed by atoms with E-state index in [0.29, 0.717) is 0 Å². The first-order valence-corrected chi connectivity index (χ1v) is 4.50. The Balaban J connectivity index is 2.23. The third-order valence-corrected chi connectivity index (χ3v) is 2.53. The highest BCUT2D eigenvalue weighted by Crippen LogP contribution is 2.28. The van der Waals surface area contributed by atoms with E-state index in [0.717, 1.165) is 31.5 Å². The van der Waals surface area contributed by atoms with E-state index in [1.807, 2.05) is 0 Å². The number of piperidine rings is 1. The molecule has 0 spiro atoms. The molecule has 1 aliphatic rings. The second-order valence-electron chi connectivity index (χ2n) is 3.41. The number of nitrogens with zero attached hydrogens (tertiary/aromatic N) is 2. The van der Waals surface area contributed by atoms with Gasteiger partial charge >= 0.3 is 0 Å². The van der Waals surface area contributed by atoms with E-state index in [1.54, 1.807) is 12.4 Å². The van der Waals surface area contributed by atoms with Gasteiger partial charge in [0.1, 0.15) is 6.33 Å². The van der Waals surface area contributed by atoms with Crippen LogP contribution in [0.3, 0.4) is 0 Å². The molecule has 0 bridgehead atoms. The van der Waals surface area contributed by atoms with E-state index in [9.17, 15) is 5.11 Å². The van der Waals surface area contributed by atoms with E-state index in [4.69, 9.17) is 0 Å². The number of hydrogen-bond donors (Lipinski definition) is 2. The Morgan fingerprint density at radius 3 is 2.46 bits per heavy atom. The summed E-state index contributed by atoms with van der Waals surface area (Å²) in [5.41, 5.74) is 0.114. The Hall–Kier alpha value is -1.00. The molecule has 0 saturated carbocycles. The summed E-state index contributed by atoms with van der Waals surface area (Å²) in [7, 11) is 0. The zero-order chi connectivity index (χ0) is 9.15. The van der Waals surface area contributed by atoms with Gasteiger partial charge in [-0.1, -0.05) is 0 Å². The zero-order valence-electron chi connectivity index (χ0n) is 7.40. The maximum absolute atomic E-state index is 10.2. The predicted octanol–water partition coefficient (Wildman–Crippen LogP) is 0.0476. The summed E-state index contributed by atoms with van der Waals surface area (Å²) in [6.45, 7) is 1.71. The SMILES string of the molecule is OC1(c2cncnc2)CCNCC1. The van der Waals surface area contributed by atoms with Crippen LogP contribution in [0.4, 0.5) is 0 Å². The van der Waals surface area contributed by atoms with Crippen LogP contribution in [0.1, 0.15) is 18.4 Å². The van der Waals surface area contributed by atoms with Crippen LogP contribution in [0.2, 0.25) is 0 Å². The van der Waals surface area contributed by atoms with Gasteiger partial charge in [0.15, 0.2) is 0 Å². The second kappa shape index (κ2) is 3.40. The van der Waals surface area contributed by atoms with Gasteiger partial charge in [-0.15, -0.1) is 0 Å². The van der Waals surface area contributed by atoms with E-state index in [2.05, 4.69) is 15.3 Å². The highest BCUT2D eigenvalue weighted by Gasteiger charge is 2.31. The molecule has 1 aromatic rings. The standard InChI is InChI=1S/C9H13N3O/c13-9(1-3-10-4-2-9)8-5-11-7-12-6-8/h5-7,10,13H,1-4H2. The van der Waals surface area contributed by atoms with Crippen LogP contribution in [-0.2, 0) is 5.60 Å². The molecule has 2 N–H and O–H groups in total. The van der Waals surface area contributed by atoms with Gasteiger partial charge in [-0.3, -0.25) is 0 Å². The van der Waals surface area contributed by atoms with Gasteiger partial charge in [0, 0.05) is 18.0 Å². The lowest BCUT2D eigenvalue weighted by molar-refractivity contribution is 0.00530. The largest absolute Gasteiger partial charge is 0.385 e. The Morgan fingerprint density at radius 2 is 1.85 bits per heavy atom. The molecule has 0 atom stereocenters. The van der Waals surface area contributed by atoms with Crippen molar-refractivity contribution in [3.8, 4) is 0 Å². The summed E-state index contributed by atoms with van der Waals surface area (Å²) >= 11 is 0. The minimum atomic E-state index is -0.716. The van der Waals surface area contributed by atoms with E-state index in [-0.39, 0.29) is 0 Å². The van der Waals surface area contributed by atoms with Gasteiger partial charge in [-0.05, 0) is 25.9 Å². The van der Waals surface area contributed by atoms with Crippen molar-refractivity contribution in [1.82, 2.24) is 15.3 Å². The monoisotopic (exact) mass is 179 g/mol. The number of rotatable bonds is 1. The summed E-state index contributed by atoms with van der Waals surface area (Å²) in [5, 5.41) is 13.4. The van der Waals surface area contributed by atoms with Crippen LogP contribution in [0.5, 0.6) is 0 Å². The first kappa shape index (κ1) is 8.59. The lowest BCUT2D eigenvalue weighted by Gasteiger charge is -2.32. The summed E-state index contributed by atoms with van der Waals surface area (Å²) in [6.07, 6.45) is 6.34. The molecule has 0 unspecified atom stereocenters. The fraction of sp³-hybridized carbons (Fsp3) is 0.556. The topological polar surface area (TPSA) is 58.0 Å². The number of aromatic nitrogens is 2. The fourth-order valence-corrected chi connectivity index (χ4v) is 1.67. The van der Waals surface area contributed by atoms with Crippen molar-refractivity contribution in [2.75, 3.05) is 13.1 Å². The van der Waals surface area contributed by atoms with Crippen LogP contribution in [0, 0.1) is 0 Å². The van der Waals surface area contributed by atoms with Crippen LogP contribution in [0.25, 0.3) is 0 Å². The lowest BCUT2D eigenvalue weighted by atomic mass is 9.87. The van der Waals surface area contributed by atoms with Crippen LogP contribution in [-0.4, -0.2) is 28.2 Å². The lowest BCUT2D eigenvalue weighted by Crippen LogP contribution is -2.39. The molecular weight excluding hydrogens is 166 g/mol. The summed E-state index contributed by atoms with van der Waals surface area (Å²) < 4.78 is 0. The summed E-state index contributed by atoms with van der Waals surface area (Å²) in [6, 6.07) is 0. The quantitative estimate of drug-likeness (QED) is 0.639. The maximum Gasteiger partial charge on any atom is 0.115 e. The normalized spacial score (nSPS) is 21.3. The van der Waals surface area contributed by atoms with E-state index < -0.39 is 5.60 Å². The Kier molecular flexibility index (Phi) is 2.24. The molecule has 4 heteroatoms. The number of hydrogen-bond acceptors (Lipinski definition) is 4. The molecule has 2 rings (SSSR count). The van der Waals surface area contributed by atoms with Gasteiger partial charge in [-0.2, -0.15) is 0 Å². The average Bonchev–Trinajstić information content (AvgIpc) is 2.20. The van der Waals surface area contributed by atoms with Crippen molar-refractivity contribution >= 4 is 0 Å². The van der Waals surface area contributed by atoms with Gasteiger partial charge < -0.3 is 10.4 Å². The van der Waals surface area contributed by atoms with Crippen molar-refractivity contribution in [2.24, 2.45) is 0 Å². The average molecular weight is 179 g/mol. The molecule has 0 aliphatic carbocycles. The van der Waals surface area contributed by atoms with Crippen LogP contribution >= 0.6 is 0 Å². The first-order valence-electron chi connectivity index (χ1n) is 4.50. The molecule has 0 amide bonds. The molecule has 1 fully saturated rings. The fourth-order valence-electron chi connectivity index (χ4n) is 1.67. The summed E-state index contributed by atoms with van der Waals surface area (Å²) in [5.74, 6) is 0. The molecule has 0 radical (unpaired) electrons. The maximum atomic E-state index is 10.2. The highest BCUT2D eigenvalue weighted by atomic mass is 16.3. The Bertz CT molecular complexity index is 269. The van der Waals surface area contributed by atoms with Gasteiger partial charge in [0.2, 0.25) is 0 Å². The molecular formula is C9H13N3O. The van der Waals surface area contributed by atoms with Gasteiger partial charge in [0.05, 0.1) is 5.60 Å². The van der Waals surface area contributed by atoms with Crippen molar-refractivity contribution in [2.45, 2.75) is 18.4 Å². The predicted molar refractivity (Wildman–Crippen MR) is 48.0 cm³/mol. The minimum Gasteiger partial charge on any atom is -0.385 e. The third-order valence-electron chi connectivity index (χ3n) is 2.53. The molecule has 1 saturated heterocycles. The van der Waals surface area contributed by atoms with Crippen LogP contribution < -0.4 is 5.32 Å². The second-order valence-corrected chi connectivity index (χ2v) is 3.41. The molecule has 70 valence electrons. The smallest absolute Gasteiger partial charge is 0.115 e. The Morgan fingerprint density at radius 1 is 1.23 bits per heavy atom. The minimum absolute atomic E-state index is 0.716. The zero-order valence-corrected chi connectivity index (χ0v) is 7.40. The molecule has 4 nitrogen and oxygen atoms in total. The molecule has 1 aliphatic heterocycles.